The van der Waals surface area contributed by atoms with Gasteiger partial charge < -0.3 is 9.73 Å². The van der Waals surface area contributed by atoms with Crippen LogP contribution >= 0.6 is 11.8 Å². The van der Waals surface area contributed by atoms with Crippen molar-refractivity contribution in [3.8, 4) is 0 Å². The molecule has 0 saturated heterocycles. The Balaban J connectivity index is 1.50. The number of carbonyl (C=O) groups is 1. The second-order valence-electron chi connectivity index (χ2n) is 5.51. The standard InChI is InChI=1S/C19H19N3O2S/c1-2-14-9-6-10-16(11-14)20-17(23)13-25-19-22-21-18(24-19)12-15-7-4-3-5-8-15/h3-11H,2,12-13H2,1H3,(H,20,23). The van der Waals surface area contributed by atoms with E-state index in [1.165, 1.54) is 17.3 Å². The van der Waals surface area contributed by atoms with Crippen LogP contribution in [0.25, 0.3) is 0 Å². The highest BCUT2D eigenvalue weighted by molar-refractivity contribution is 7.99. The molecule has 0 saturated carbocycles. The molecule has 1 N–H and O–H groups in total. The van der Waals surface area contributed by atoms with Gasteiger partial charge in [0.1, 0.15) is 0 Å². The summed E-state index contributed by atoms with van der Waals surface area (Å²) in [6.45, 7) is 2.08. The van der Waals surface area contributed by atoms with E-state index in [0.717, 1.165) is 17.7 Å². The molecule has 0 radical (unpaired) electrons. The summed E-state index contributed by atoms with van der Waals surface area (Å²) in [6, 6.07) is 17.8. The molecule has 0 aliphatic rings. The van der Waals surface area contributed by atoms with Gasteiger partial charge in [-0.1, -0.05) is 61.2 Å². The van der Waals surface area contributed by atoms with E-state index < -0.39 is 0 Å². The van der Waals surface area contributed by atoms with Crippen molar-refractivity contribution in [1.82, 2.24) is 10.2 Å². The summed E-state index contributed by atoms with van der Waals surface area (Å²) in [4.78, 5) is 12.1. The molecule has 2 aromatic carbocycles. The van der Waals surface area contributed by atoms with Crippen LogP contribution in [0.2, 0.25) is 0 Å². The molecule has 3 rings (SSSR count). The molecule has 1 amide bonds. The second kappa shape index (κ2) is 8.48. The average Bonchev–Trinajstić information content (AvgIpc) is 3.08. The summed E-state index contributed by atoms with van der Waals surface area (Å²) in [5, 5.41) is 11.3. The molecule has 128 valence electrons. The zero-order chi connectivity index (χ0) is 17.5. The first-order chi connectivity index (χ1) is 12.2. The number of nitrogens with zero attached hydrogens (tertiary/aromatic N) is 2. The molecule has 1 heterocycles. The zero-order valence-electron chi connectivity index (χ0n) is 13.9. The number of thioether (sulfide) groups is 1. The molecule has 0 aliphatic heterocycles. The van der Waals surface area contributed by atoms with Crippen LogP contribution in [-0.4, -0.2) is 21.9 Å². The lowest BCUT2D eigenvalue weighted by Gasteiger charge is -2.05. The fourth-order valence-electron chi connectivity index (χ4n) is 2.33. The number of aromatic nitrogens is 2. The van der Waals surface area contributed by atoms with E-state index in [1.807, 2.05) is 54.6 Å². The molecular formula is C19H19N3O2S. The Bertz CT molecular complexity index is 833. The summed E-state index contributed by atoms with van der Waals surface area (Å²) in [7, 11) is 0. The number of anilines is 1. The predicted molar refractivity (Wildman–Crippen MR) is 98.7 cm³/mol. The quantitative estimate of drug-likeness (QED) is 0.651. The van der Waals surface area contributed by atoms with E-state index in [4.69, 9.17) is 4.42 Å². The second-order valence-corrected chi connectivity index (χ2v) is 6.44. The van der Waals surface area contributed by atoms with Gasteiger partial charge in [-0.05, 0) is 29.7 Å². The number of amides is 1. The summed E-state index contributed by atoms with van der Waals surface area (Å²) in [6.07, 6.45) is 1.52. The number of carbonyl (C=O) groups excluding carboxylic acids is 1. The van der Waals surface area contributed by atoms with Gasteiger partial charge in [-0.25, -0.2) is 0 Å². The largest absolute Gasteiger partial charge is 0.416 e. The Kier molecular flexibility index (Phi) is 5.85. The molecule has 5 nitrogen and oxygen atoms in total. The Hall–Kier alpha value is -2.60. The Morgan fingerprint density at radius 1 is 1.08 bits per heavy atom. The molecule has 25 heavy (non-hydrogen) atoms. The molecule has 0 bridgehead atoms. The number of nitrogens with one attached hydrogen (secondary N) is 1. The van der Waals surface area contributed by atoms with E-state index in [1.54, 1.807) is 0 Å². The van der Waals surface area contributed by atoms with Crippen LogP contribution in [-0.2, 0) is 17.6 Å². The monoisotopic (exact) mass is 353 g/mol. The minimum absolute atomic E-state index is 0.0962. The molecule has 3 aromatic rings. The van der Waals surface area contributed by atoms with E-state index >= 15 is 0 Å². The third-order valence-corrected chi connectivity index (χ3v) is 4.41. The topological polar surface area (TPSA) is 68.0 Å². The minimum atomic E-state index is -0.0962. The van der Waals surface area contributed by atoms with Crippen LogP contribution in [0, 0.1) is 0 Å². The maximum Gasteiger partial charge on any atom is 0.277 e. The van der Waals surface area contributed by atoms with E-state index in [0.29, 0.717) is 17.5 Å². The Labute approximate surface area is 150 Å². The molecule has 0 atom stereocenters. The third-order valence-electron chi connectivity index (χ3n) is 3.59. The maximum absolute atomic E-state index is 12.1. The van der Waals surface area contributed by atoms with Crippen molar-refractivity contribution in [3.63, 3.8) is 0 Å². The number of aryl methyl sites for hydroxylation is 1. The number of rotatable bonds is 7. The fourth-order valence-corrected chi connectivity index (χ4v) is 2.91. The van der Waals surface area contributed by atoms with Gasteiger partial charge in [-0.3, -0.25) is 4.79 Å². The van der Waals surface area contributed by atoms with Crippen molar-refractivity contribution in [1.29, 1.82) is 0 Å². The smallest absolute Gasteiger partial charge is 0.277 e. The zero-order valence-corrected chi connectivity index (χ0v) is 14.8. The SMILES string of the molecule is CCc1cccc(NC(=O)CSc2nnc(Cc3ccccc3)o2)c1. The van der Waals surface area contributed by atoms with Crippen LogP contribution in [0.1, 0.15) is 23.9 Å². The van der Waals surface area contributed by atoms with Crippen molar-refractivity contribution in [2.24, 2.45) is 0 Å². The Morgan fingerprint density at radius 3 is 2.68 bits per heavy atom. The summed E-state index contributed by atoms with van der Waals surface area (Å²) < 4.78 is 5.59. The van der Waals surface area contributed by atoms with Gasteiger partial charge in [0.05, 0.1) is 12.2 Å². The predicted octanol–water partition coefficient (Wildman–Crippen LogP) is 3.95. The third kappa shape index (κ3) is 5.19. The first-order valence-electron chi connectivity index (χ1n) is 8.11. The highest BCUT2D eigenvalue weighted by Crippen LogP contribution is 2.18. The van der Waals surface area contributed by atoms with Crippen molar-refractivity contribution in [2.45, 2.75) is 25.0 Å². The summed E-state index contributed by atoms with van der Waals surface area (Å²) in [5.41, 5.74) is 3.10. The molecule has 0 aliphatic carbocycles. The fraction of sp³-hybridized carbons (Fsp3) is 0.211. The van der Waals surface area contributed by atoms with Crippen molar-refractivity contribution in [3.05, 3.63) is 71.6 Å². The maximum atomic E-state index is 12.1. The van der Waals surface area contributed by atoms with Crippen molar-refractivity contribution < 1.29 is 9.21 Å². The lowest BCUT2D eigenvalue weighted by Crippen LogP contribution is -2.14. The van der Waals surface area contributed by atoms with Crippen LogP contribution < -0.4 is 5.32 Å². The number of benzene rings is 2. The van der Waals surface area contributed by atoms with Crippen molar-refractivity contribution >= 4 is 23.4 Å². The molecule has 0 unspecified atom stereocenters. The molecule has 0 fully saturated rings. The van der Waals surface area contributed by atoms with Crippen molar-refractivity contribution in [2.75, 3.05) is 11.1 Å². The minimum Gasteiger partial charge on any atom is -0.416 e. The van der Waals surface area contributed by atoms with E-state index in [9.17, 15) is 4.79 Å². The lowest BCUT2D eigenvalue weighted by atomic mass is 10.1. The number of hydrogen-bond acceptors (Lipinski definition) is 5. The normalized spacial score (nSPS) is 10.6. The Morgan fingerprint density at radius 2 is 1.88 bits per heavy atom. The summed E-state index contributed by atoms with van der Waals surface area (Å²) >= 11 is 1.24. The van der Waals surface area contributed by atoms with E-state index in [2.05, 4.69) is 22.4 Å². The summed E-state index contributed by atoms with van der Waals surface area (Å²) in [5.74, 6) is 0.675. The molecule has 0 spiro atoms. The van der Waals surface area contributed by atoms with Gasteiger partial charge >= 0.3 is 0 Å². The van der Waals surface area contributed by atoms with Gasteiger partial charge in [0.25, 0.3) is 5.22 Å². The van der Waals surface area contributed by atoms with Gasteiger partial charge in [0, 0.05) is 5.69 Å². The lowest BCUT2D eigenvalue weighted by molar-refractivity contribution is -0.113. The van der Waals surface area contributed by atoms with Crippen LogP contribution in [0.4, 0.5) is 5.69 Å². The van der Waals surface area contributed by atoms with Gasteiger partial charge in [0.15, 0.2) is 0 Å². The first-order valence-corrected chi connectivity index (χ1v) is 9.09. The van der Waals surface area contributed by atoms with Gasteiger partial charge in [-0.2, -0.15) is 0 Å². The molecular weight excluding hydrogens is 334 g/mol. The first kappa shape index (κ1) is 17.2. The van der Waals surface area contributed by atoms with Crippen LogP contribution in [0.5, 0.6) is 0 Å². The van der Waals surface area contributed by atoms with Gasteiger partial charge in [0.2, 0.25) is 11.8 Å². The average molecular weight is 353 g/mol. The highest BCUT2D eigenvalue weighted by atomic mass is 32.2. The molecule has 6 heteroatoms. The van der Waals surface area contributed by atoms with Gasteiger partial charge in [-0.15, -0.1) is 10.2 Å². The van der Waals surface area contributed by atoms with Crippen LogP contribution in [0.15, 0.2) is 64.2 Å². The molecule has 1 aromatic heterocycles. The number of hydrogen-bond donors (Lipinski definition) is 1. The van der Waals surface area contributed by atoms with E-state index in [-0.39, 0.29) is 11.7 Å². The van der Waals surface area contributed by atoms with Crippen LogP contribution in [0.3, 0.4) is 0 Å². The highest BCUT2D eigenvalue weighted by Gasteiger charge is 2.10.